The van der Waals surface area contributed by atoms with Crippen LogP contribution >= 0.6 is 0 Å². The van der Waals surface area contributed by atoms with Crippen LogP contribution in [0.15, 0.2) is 18.6 Å². The van der Waals surface area contributed by atoms with Crippen molar-refractivity contribution >= 4 is 0 Å². The second kappa shape index (κ2) is 5.68. The minimum atomic E-state index is 0.584. The summed E-state index contributed by atoms with van der Waals surface area (Å²) in [6.45, 7) is 2.33. The third-order valence-electron chi connectivity index (χ3n) is 3.57. The molecule has 1 saturated carbocycles. The molecule has 1 fully saturated rings. The number of H-pyrrole nitrogens is 1. The van der Waals surface area contributed by atoms with Gasteiger partial charge in [0.25, 0.3) is 0 Å². The van der Waals surface area contributed by atoms with Crippen molar-refractivity contribution in [3.05, 3.63) is 30.0 Å². The monoisotopic (exact) mass is 272 g/mol. The molecule has 0 spiro atoms. The molecule has 2 aromatic rings. The van der Waals surface area contributed by atoms with Gasteiger partial charge in [-0.25, -0.2) is 9.97 Å². The Balaban J connectivity index is 1.77. The number of nitrogens with two attached hydrogens (primary N) is 1. The third-order valence-corrected chi connectivity index (χ3v) is 3.57. The molecule has 6 nitrogen and oxygen atoms in total. The first-order valence-electron chi connectivity index (χ1n) is 7.01. The zero-order chi connectivity index (χ0) is 13.9. The molecule has 0 radical (unpaired) electrons. The molecule has 20 heavy (non-hydrogen) atoms. The van der Waals surface area contributed by atoms with Crippen molar-refractivity contribution in [2.45, 2.75) is 25.3 Å². The largest absolute Gasteiger partial charge is 0.329 e. The second-order valence-electron chi connectivity index (χ2n) is 5.40. The van der Waals surface area contributed by atoms with Crippen LogP contribution in [0.5, 0.6) is 0 Å². The van der Waals surface area contributed by atoms with Gasteiger partial charge in [0.2, 0.25) is 0 Å². The van der Waals surface area contributed by atoms with Crippen molar-refractivity contribution in [1.29, 1.82) is 0 Å². The van der Waals surface area contributed by atoms with Crippen LogP contribution in [0, 0.1) is 0 Å². The van der Waals surface area contributed by atoms with Crippen molar-refractivity contribution in [2.75, 3.05) is 20.1 Å². The van der Waals surface area contributed by atoms with E-state index in [0.29, 0.717) is 12.5 Å². The van der Waals surface area contributed by atoms with E-state index in [9.17, 15) is 0 Å². The van der Waals surface area contributed by atoms with Crippen molar-refractivity contribution in [3.63, 3.8) is 0 Å². The number of nitrogens with one attached hydrogen (secondary N) is 1. The van der Waals surface area contributed by atoms with Crippen LogP contribution in [-0.2, 0) is 6.54 Å². The van der Waals surface area contributed by atoms with Gasteiger partial charge in [-0.2, -0.15) is 5.10 Å². The lowest BCUT2D eigenvalue weighted by Crippen LogP contribution is -2.25. The predicted octanol–water partition coefficient (Wildman–Crippen LogP) is 1.13. The van der Waals surface area contributed by atoms with Gasteiger partial charge in [0.1, 0.15) is 5.82 Å². The van der Waals surface area contributed by atoms with Gasteiger partial charge >= 0.3 is 0 Å². The minimum absolute atomic E-state index is 0.584. The molecular formula is C14H20N6. The average Bonchev–Trinajstić information content (AvgIpc) is 3.20. The molecule has 0 bridgehead atoms. The summed E-state index contributed by atoms with van der Waals surface area (Å²) in [5.74, 6) is 1.55. The summed E-state index contributed by atoms with van der Waals surface area (Å²) in [5.41, 5.74) is 8.70. The molecule has 0 atom stereocenters. The van der Waals surface area contributed by atoms with Gasteiger partial charge in [0.15, 0.2) is 0 Å². The number of aromatic nitrogens is 4. The molecule has 2 heterocycles. The molecule has 0 saturated heterocycles. The average molecular weight is 272 g/mol. The molecule has 0 unspecified atom stereocenters. The summed E-state index contributed by atoms with van der Waals surface area (Å²) in [4.78, 5) is 11.1. The summed E-state index contributed by atoms with van der Waals surface area (Å²) in [6, 6.07) is 0. The molecule has 0 amide bonds. The Bertz CT molecular complexity index is 557. The van der Waals surface area contributed by atoms with Gasteiger partial charge in [-0.3, -0.25) is 5.10 Å². The summed E-state index contributed by atoms with van der Waals surface area (Å²) >= 11 is 0. The number of likely N-dealkylation sites (N-methyl/N-ethyl adjacent to an activating group) is 1. The van der Waals surface area contributed by atoms with E-state index in [1.807, 2.05) is 18.6 Å². The third kappa shape index (κ3) is 2.86. The smallest absolute Gasteiger partial charge is 0.131 e. The Kier molecular flexibility index (Phi) is 3.75. The Hall–Kier alpha value is -1.79. The van der Waals surface area contributed by atoms with E-state index in [-0.39, 0.29) is 0 Å². The molecule has 3 N–H and O–H groups in total. The highest BCUT2D eigenvalue weighted by atomic mass is 15.1. The zero-order valence-corrected chi connectivity index (χ0v) is 11.7. The summed E-state index contributed by atoms with van der Waals surface area (Å²) in [7, 11) is 2.05. The van der Waals surface area contributed by atoms with Crippen LogP contribution in [0.25, 0.3) is 11.3 Å². The van der Waals surface area contributed by atoms with Crippen LogP contribution in [0.1, 0.15) is 30.1 Å². The number of hydrogen-bond donors (Lipinski definition) is 2. The molecule has 3 rings (SSSR count). The SMILES string of the molecule is CN(CCN)Cc1cn[nH]c1-c1cnc(C2CC2)nc1. The maximum Gasteiger partial charge on any atom is 0.131 e. The van der Waals surface area contributed by atoms with Crippen LogP contribution in [0.3, 0.4) is 0 Å². The van der Waals surface area contributed by atoms with Crippen LogP contribution < -0.4 is 5.73 Å². The van der Waals surface area contributed by atoms with Gasteiger partial charge in [0, 0.05) is 49.1 Å². The number of nitrogens with zero attached hydrogens (tertiary/aromatic N) is 4. The predicted molar refractivity (Wildman–Crippen MR) is 77.0 cm³/mol. The zero-order valence-electron chi connectivity index (χ0n) is 11.7. The van der Waals surface area contributed by atoms with E-state index >= 15 is 0 Å². The fourth-order valence-corrected chi connectivity index (χ4v) is 2.29. The molecule has 6 heteroatoms. The molecule has 2 aromatic heterocycles. The Morgan fingerprint density at radius 3 is 2.70 bits per heavy atom. The molecule has 0 aliphatic heterocycles. The lowest BCUT2D eigenvalue weighted by atomic mass is 10.1. The molecular weight excluding hydrogens is 252 g/mol. The molecule has 106 valence electrons. The normalized spacial score (nSPS) is 14.9. The van der Waals surface area contributed by atoms with E-state index in [4.69, 9.17) is 5.73 Å². The van der Waals surface area contributed by atoms with Gasteiger partial charge in [-0.1, -0.05) is 0 Å². The van der Waals surface area contributed by atoms with Gasteiger partial charge in [-0.05, 0) is 19.9 Å². The highest BCUT2D eigenvalue weighted by molar-refractivity contribution is 5.60. The van der Waals surface area contributed by atoms with Crippen molar-refractivity contribution in [2.24, 2.45) is 5.73 Å². The highest BCUT2D eigenvalue weighted by Crippen LogP contribution is 2.38. The van der Waals surface area contributed by atoms with E-state index in [0.717, 1.165) is 35.7 Å². The maximum absolute atomic E-state index is 5.57. The second-order valence-corrected chi connectivity index (χ2v) is 5.40. The first-order valence-corrected chi connectivity index (χ1v) is 7.01. The first-order chi connectivity index (χ1) is 9.78. The Morgan fingerprint density at radius 2 is 2.05 bits per heavy atom. The van der Waals surface area contributed by atoms with Crippen molar-refractivity contribution in [1.82, 2.24) is 25.1 Å². The van der Waals surface area contributed by atoms with Crippen LogP contribution in [0.2, 0.25) is 0 Å². The minimum Gasteiger partial charge on any atom is -0.329 e. The number of hydrogen-bond acceptors (Lipinski definition) is 5. The van der Waals surface area contributed by atoms with Gasteiger partial charge in [0.05, 0.1) is 11.9 Å². The van der Waals surface area contributed by atoms with Crippen LogP contribution in [0.4, 0.5) is 0 Å². The lowest BCUT2D eigenvalue weighted by Gasteiger charge is -2.15. The van der Waals surface area contributed by atoms with Crippen molar-refractivity contribution in [3.8, 4) is 11.3 Å². The van der Waals surface area contributed by atoms with Gasteiger partial charge in [-0.15, -0.1) is 0 Å². The number of rotatable bonds is 6. The molecule has 1 aliphatic carbocycles. The fraction of sp³-hybridized carbons (Fsp3) is 0.500. The topological polar surface area (TPSA) is 83.7 Å². The first kappa shape index (κ1) is 13.2. The Labute approximate surface area is 118 Å². The van der Waals surface area contributed by atoms with E-state index in [1.165, 1.54) is 12.8 Å². The maximum atomic E-state index is 5.57. The lowest BCUT2D eigenvalue weighted by molar-refractivity contribution is 0.337. The highest BCUT2D eigenvalue weighted by Gasteiger charge is 2.26. The van der Waals surface area contributed by atoms with E-state index < -0.39 is 0 Å². The standard InChI is InChI=1S/C14H20N6/c1-20(5-4-15)9-12-8-18-19-13(12)11-6-16-14(17-7-11)10-2-3-10/h6-8,10H,2-5,9,15H2,1H3,(H,18,19). The summed E-state index contributed by atoms with van der Waals surface area (Å²) in [5, 5.41) is 7.19. The van der Waals surface area contributed by atoms with E-state index in [1.54, 1.807) is 0 Å². The molecule has 0 aromatic carbocycles. The van der Waals surface area contributed by atoms with Gasteiger partial charge < -0.3 is 10.6 Å². The fourth-order valence-electron chi connectivity index (χ4n) is 2.29. The summed E-state index contributed by atoms with van der Waals surface area (Å²) < 4.78 is 0. The Morgan fingerprint density at radius 1 is 1.30 bits per heavy atom. The molecule has 1 aliphatic rings. The van der Waals surface area contributed by atoms with Crippen molar-refractivity contribution < 1.29 is 0 Å². The van der Waals surface area contributed by atoms with E-state index in [2.05, 4.69) is 32.1 Å². The summed E-state index contributed by atoms with van der Waals surface area (Å²) in [6.07, 6.45) is 8.08. The van der Waals surface area contributed by atoms with Crippen LogP contribution in [-0.4, -0.2) is 45.2 Å². The number of aromatic amines is 1. The quantitative estimate of drug-likeness (QED) is 0.823.